The molecule has 0 spiro atoms. The second kappa shape index (κ2) is 5.68. The first-order chi connectivity index (χ1) is 7.80. The van der Waals surface area contributed by atoms with E-state index in [0.29, 0.717) is 12.0 Å². The molecule has 0 bridgehead atoms. The average molecular weight is 233 g/mol. The molecular formula is C16H27N. The Morgan fingerprint density at radius 1 is 1.00 bits per heavy atom. The normalized spacial score (nSPS) is 14.1. The van der Waals surface area contributed by atoms with Crippen molar-refractivity contribution >= 4 is 0 Å². The van der Waals surface area contributed by atoms with E-state index in [9.17, 15) is 0 Å². The van der Waals surface area contributed by atoms with Gasteiger partial charge in [-0.15, -0.1) is 0 Å². The van der Waals surface area contributed by atoms with E-state index >= 15 is 0 Å². The van der Waals surface area contributed by atoms with Gasteiger partial charge in [0.25, 0.3) is 0 Å². The maximum Gasteiger partial charge on any atom is 0.00198 e. The van der Waals surface area contributed by atoms with Gasteiger partial charge in [0.2, 0.25) is 0 Å². The van der Waals surface area contributed by atoms with Crippen molar-refractivity contribution in [2.75, 3.05) is 6.54 Å². The van der Waals surface area contributed by atoms with E-state index in [-0.39, 0.29) is 5.41 Å². The van der Waals surface area contributed by atoms with Crippen LogP contribution in [0.2, 0.25) is 0 Å². The van der Waals surface area contributed by atoms with Gasteiger partial charge >= 0.3 is 0 Å². The Balaban J connectivity index is 2.67. The summed E-state index contributed by atoms with van der Waals surface area (Å²) in [5.74, 6) is 0.575. The summed E-state index contributed by atoms with van der Waals surface area (Å²) < 4.78 is 0. The highest BCUT2D eigenvalue weighted by Gasteiger charge is 2.14. The molecule has 1 atom stereocenters. The van der Waals surface area contributed by atoms with E-state index in [0.717, 1.165) is 6.54 Å². The largest absolute Gasteiger partial charge is 0.314 e. The monoisotopic (exact) mass is 233 g/mol. The van der Waals surface area contributed by atoms with E-state index in [4.69, 9.17) is 0 Å². The van der Waals surface area contributed by atoms with Crippen molar-refractivity contribution < 1.29 is 0 Å². The van der Waals surface area contributed by atoms with E-state index in [1.807, 2.05) is 0 Å². The first-order valence-electron chi connectivity index (χ1n) is 6.64. The lowest BCUT2D eigenvalue weighted by molar-refractivity contribution is 0.547. The number of benzene rings is 1. The molecule has 1 aromatic carbocycles. The van der Waals surface area contributed by atoms with Gasteiger partial charge in [-0.3, -0.25) is 0 Å². The van der Waals surface area contributed by atoms with E-state index in [2.05, 4.69) is 71.1 Å². The predicted octanol–water partition coefficient (Wildman–Crippen LogP) is 4.09. The van der Waals surface area contributed by atoms with Crippen molar-refractivity contribution in [3.05, 3.63) is 35.4 Å². The van der Waals surface area contributed by atoms with Gasteiger partial charge in [0, 0.05) is 12.6 Å². The van der Waals surface area contributed by atoms with E-state index in [1.165, 1.54) is 11.1 Å². The molecule has 0 aliphatic rings. The van der Waals surface area contributed by atoms with Crippen LogP contribution in [0.3, 0.4) is 0 Å². The zero-order chi connectivity index (χ0) is 13.1. The van der Waals surface area contributed by atoms with Crippen molar-refractivity contribution in [2.45, 2.75) is 58.9 Å². The zero-order valence-corrected chi connectivity index (χ0v) is 12.2. The lowest BCUT2D eigenvalue weighted by Gasteiger charge is -2.21. The van der Waals surface area contributed by atoms with Crippen molar-refractivity contribution in [3.8, 4) is 0 Å². The fourth-order valence-electron chi connectivity index (χ4n) is 1.84. The maximum atomic E-state index is 3.49. The molecule has 0 radical (unpaired) electrons. The summed E-state index contributed by atoms with van der Waals surface area (Å²) in [4.78, 5) is 0. The Morgan fingerprint density at radius 3 is 1.94 bits per heavy atom. The highest BCUT2D eigenvalue weighted by atomic mass is 14.9. The third-order valence-electron chi connectivity index (χ3n) is 3.18. The van der Waals surface area contributed by atoms with Crippen molar-refractivity contribution in [2.24, 2.45) is 0 Å². The molecule has 17 heavy (non-hydrogen) atoms. The van der Waals surface area contributed by atoms with Crippen LogP contribution in [-0.4, -0.2) is 12.6 Å². The summed E-state index contributed by atoms with van der Waals surface area (Å²) in [6.45, 7) is 14.5. The van der Waals surface area contributed by atoms with Crippen LogP contribution >= 0.6 is 0 Å². The second-order valence-corrected chi connectivity index (χ2v) is 6.34. The van der Waals surface area contributed by atoms with E-state index < -0.39 is 0 Å². The molecule has 0 aliphatic heterocycles. The molecule has 0 amide bonds. The van der Waals surface area contributed by atoms with Crippen molar-refractivity contribution in [1.82, 2.24) is 5.32 Å². The smallest absolute Gasteiger partial charge is 0.00198 e. The average Bonchev–Trinajstić information content (AvgIpc) is 2.25. The van der Waals surface area contributed by atoms with Gasteiger partial charge < -0.3 is 5.32 Å². The summed E-state index contributed by atoms with van der Waals surface area (Å²) in [5, 5.41) is 3.49. The minimum atomic E-state index is 0.248. The Kier molecular flexibility index (Phi) is 4.76. The highest BCUT2D eigenvalue weighted by Crippen LogP contribution is 2.24. The van der Waals surface area contributed by atoms with Crippen LogP contribution in [-0.2, 0) is 5.41 Å². The number of nitrogens with one attached hydrogen (secondary N) is 1. The van der Waals surface area contributed by atoms with Gasteiger partial charge in [-0.1, -0.05) is 65.8 Å². The Hall–Kier alpha value is -0.820. The minimum Gasteiger partial charge on any atom is -0.314 e. The maximum absolute atomic E-state index is 3.49. The highest BCUT2D eigenvalue weighted by molar-refractivity contribution is 5.29. The van der Waals surface area contributed by atoms with Crippen LogP contribution in [0.4, 0.5) is 0 Å². The standard InChI is InChI=1S/C16H27N/c1-12(2)17-11-13(3)14-7-9-15(10-8-14)16(4,5)6/h7-10,12-13,17H,11H2,1-6H3/t13-/m0/s1. The fraction of sp³-hybridized carbons (Fsp3) is 0.625. The van der Waals surface area contributed by atoms with Crippen LogP contribution in [0.5, 0.6) is 0 Å². The fourth-order valence-corrected chi connectivity index (χ4v) is 1.84. The summed E-state index contributed by atoms with van der Waals surface area (Å²) >= 11 is 0. The molecule has 0 saturated heterocycles. The topological polar surface area (TPSA) is 12.0 Å². The van der Waals surface area contributed by atoms with Gasteiger partial charge in [0.05, 0.1) is 0 Å². The molecule has 0 aromatic heterocycles. The summed E-state index contributed by atoms with van der Waals surface area (Å²) in [6.07, 6.45) is 0. The van der Waals surface area contributed by atoms with Crippen molar-refractivity contribution in [1.29, 1.82) is 0 Å². The van der Waals surface area contributed by atoms with Gasteiger partial charge in [-0.05, 0) is 22.5 Å². The molecule has 1 heteroatoms. The Bertz CT molecular complexity index is 330. The van der Waals surface area contributed by atoms with Gasteiger partial charge in [-0.2, -0.15) is 0 Å². The lowest BCUT2D eigenvalue weighted by atomic mass is 9.86. The van der Waals surface area contributed by atoms with Crippen LogP contribution in [0.25, 0.3) is 0 Å². The first kappa shape index (κ1) is 14.2. The van der Waals surface area contributed by atoms with Gasteiger partial charge in [-0.25, -0.2) is 0 Å². The summed E-state index contributed by atoms with van der Waals surface area (Å²) in [6, 6.07) is 9.63. The number of rotatable bonds is 4. The molecule has 0 fully saturated rings. The van der Waals surface area contributed by atoms with Crippen LogP contribution in [0.15, 0.2) is 24.3 Å². The first-order valence-corrected chi connectivity index (χ1v) is 6.64. The quantitative estimate of drug-likeness (QED) is 0.826. The molecule has 0 heterocycles. The molecule has 1 aromatic rings. The van der Waals surface area contributed by atoms with Crippen molar-refractivity contribution in [3.63, 3.8) is 0 Å². The predicted molar refractivity (Wildman–Crippen MR) is 76.7 cm³/mol. The molecule has 1 rings (SSSR count). The number of hydrogen-bond acceptors (Lipinski definition) is 1. The summed E-state index contributed by atoms with van der Waals surface area (Å²) in [7, 11) is 0. The molecule has 0 saturated carbocycles. The van der Waals surface area contributed by atoms with Gasteiger partial charge in [0.1, 0.15) is 0 Å². The Morgan fingerprint density at radius 2 is 1.53 bits per heavy atom. The SMILES string of the molecule is CC(C)NC[C@H](C)c1ccc(C(C)(C)C)cc1. The molecule has 1 N–H and O–H groups in total. The molecule has 1 nitrogen and oxygen atoms in total. The molecular weight excluding hydrogens is 206 g/mol. The minimum absolute atomic E-state index is 0.248. The third kappa shape index (κ3) is 4.51. The van der Waals surface area contributed by atoms with E-state index in [1.54, 1.807) is 0 Å². The second-order valence-electron chi connectivity index (χ2n) is 6.34. The van der Waals surface area contributed by atoms with Gasteiger partial charge in [0.15, 0.2) is 0 Å². The molecule has 0 aliphatic carbocycles. The lowest BCUT2D eigenvalue weighted by Crippen LogP contribution is -2.27. The Labute approximate surface area is 107 Å². The summed E-state index contributed by atoms with van der Waals surface area (Å²) in [5.41, 5.74) is 3.08. The van der Waals surface area contributed by atoms with Crippen LogP contribution in [0.1, 0.15) is 58.6 Å². The van der Waals surface area contributed by atoms with Crippen LogP contribution in [0, 0.1) is 0 Å². The molecule has 0 unspecified atom stereocenters. The zero-order valence-electron chi connectivity index (χ0n) is 12.2. The number of hydrogen-bond donors (Lipinski definition) is 1. The van der Waals surface area contributed by atoms with Crippen LogP contribution < -0.4 is 5.32 Å². The third-order valence-corrected chi connectivity index (χ3v) is 3.18. The molecule has 96 valence electrons.